The summed E-state index contributed by atoms with van der Waals surface area (Å²) < 4.78 is 0. The molecular formula is C11H18N2S. The van der Waals surface area contributed by atoms with Crippen molar-refractivity contribution in [2.45, 2.75) is 45.2 Å². The maximum Gasteiger partial charge on any atom is 0.0795 e. The minimum atomic E-state index is 0.738. The van der Waals surface area contributed by atoms with Crippen LogP contribution in [0, 0.1) is 5.92 Å². The van der Waals surface area contributed by atoms with Gasteiger partial charge in [-0.1, -0.05) is 13.3 Å². The predicted octanol–water partition coefficient (Wildman–Crippen LogP) is 2.81. The normalized spacial score (nSPS) is 26.9. The smallest absolute Gasteiger partial charge is 0.0795 e. The van der Waals surface area contributed by atoms with Gasteiger partial charge in [-0.25, -0.2) is 4.98 Å². The number of rotatable bonds is 4. The van der Waals surface area contributed by atoms with Crippen LogP contribution >= 0.6 is 11.3 Å². The van der Waals surface area contributed by atoms with Crippen LogP contribution in [-0.4, -0.2) is 11.0 Å². The lowest BCUT2D eigenvalue weighted by atomic mass is 10.1. The lowest BCUT2D eigenvalue weighted by molar-refractivity contribution is 0.475. The van der Waals surface area contributed by atoms with Crippen LogP contribution in [-0.2, 0) is 6.54 Å². The zero-order chi connectivity index (χ0) is 9.80. The molecule has 1 heterocycles. The van der Waals surface area contributed by atoms with Crippen LogP contribution in [0.3, 0.4) is 0 Å². The lowest BCUT2D eigenvalue weighted by Gasteiger charge is -2.11. The van der Waals surface area contributed by atoms with Crippen molar-refractivity contribution < 1.29 is 0 Å². The number of thiazole rings is 1. The van der Waals surface area contributed by atoms with E-state index >= 15 is 0 Å². The molecule has 2 atom stereocenters. The van der Waals surface area contributed by atoms with Crippen molar-refractivity contribution >= 4 is 11.3 Å². The summed E-state index contributed by atoms with van der Waals surface area (Å²) >= 11 is 1.68. The molecule has 2 unspecified atom stereocenters. The molecule has 2 nitrogen and oxygen atoms in total. The van der Waals surface area contributed by atoms with E-state index in [1.807, 2.05) is 5.51 Å². The van der Waals surface area contributed by atoms with Crippen LogP contribution in [0.15, 0.2) is 10.9 Å². The number of hydrogen-bond acceptors (Lipinski definition) is 3. The van der Waals surface area contributed by atoms with Gasteiger partial charge in [0.25, 0.3) is 0 Å². The third-order valence-corrected chi connectivity index (χ3v) is 3.81. The van der Waals surface area contributed by atoms with Crippen molar-refractivity contribution in [3.8, 4) is 0 Å². The molecule has 1 saturated carbocycles. The molecule has 2 rings (SSSR count). The highest BCUT2D eigenvalue weighted by Crippen LogP contribution is 2.27. The van der Waals surface area contributed by atoms with Gasteiger partial charge in [-0.2, -0.15) is 0 Å². The molecule has 0 aliphatic heterocycles. The predicted molar refractivity (Wildman–Crippen MR) is 60.4 cm³/mol. The number of nitrogens with zero attached hydrogens (tertiary/aromatic N) is 1. The quantitative estimate of drug-likeness (QED) is 0.826. The monoisotopic (exact) mass is 210 g/mol. The molecule has 1 N–H and O–H groups in total. The Labute approximate surface area is 89.8 Å². The standard InChI is InChI=1S/C11H18N2S/c1-2-9-3-4-10(5-9)12-6-11-7-14-8-13-11/h7-10,12H,2-6H2,1H3. The number of hydrogen-bond donors (Lipinski definition) is 1. The number of nitrogens with one attached hydrogen (secondary N) is 1. The summed E-state index contributed by atoms with van der Waals surface area (Å²) in [5.41, 5.74) is 3.09. The Hall–Kier alpha value is -0.410. The van der Waals surface area contributed by atoms with Crippen LogP contribution in [0.1, 0.15) is 38.3 Å². The fraction of sp³-hybridized carbons (Fsp3) is 0.727. The highest BCUT2D eigenvalue weighted by atomic mass is 32.1. The van der Waals surface area contributed by atoms with Gasteiger partial charge in [-0.3, -0.25) is 0 Å². The van der Waals surface area contributed by atoms with Crippen molar-refractivity contribution in [1.82, 2.24) is 10.3 Å². The summed E-state index contributed by atoms with van der Waals surface area (Å²) in [4.78, 5) is 4.27. The van der Waals surface area contributed by atoms with Crippen molar-refractivity contribution in [2.75, 3.05) is 0 Å². The first-order chi connectivity index (χ1) is 6.88. The Morgan fingerprint density at radius 1 is 1.57 bits per heavy atom. The van der Waals surface area contributed by atoms with Gasteiger partial charge >= 0.3 is 0 Å². The van der Waals surface area contributed by atoms with E-state index < -0.39 is 0 Å². The molecule has 0 bridgehead atoms. The molecule has 1 fully saturated rings. The minimum Gasteiger partial charge on any atom is -0.308 e. The van der Waals surface area contributed by atoms with Gasteiger partial charge < -0.3 is 5.32 Å². The summed E-state index contributed by atoms with van der Waals surface area (Å²) in [5, 5.41) is 5.72. The molecule has 0 saturated heterocycles. The van der Waals surface area contributed by atoms with Gasteiger partial charge in [0.05, 0.1) is 11.2 Å². The summed E-state index contributed by atoms with van der Waals surface area (Å²) in [5.74, 6) is 0.961. The van der Waals surface area contributed by atoms with Gasteiger partial charge in [-0.15, -0.1) is 11.3 Å². The highest BCUT2D eigenvalue weighted by molar-refractivity contribution is 7.07. The van der Waals surface area contributed by atoms with E-state index in [0.717, 1.165) is 18.5 Å². The van der Waals surface area contributed by atoms with Gasteiger partial charge in [0.1, 0.15) is 0 Å². The Kier molecular flexibility index (Phi) is 3.54. The second-order valence-corrected chi connectivity index (χ2v) is 4.86. The summed E-state index contributed by atoms with van der Waals surface area (Å²) in [6.07, 6.45) is 5.46. The first-order valence-corrected chi connectivity index (χ1v) is 6.43. The maximum absolute atomic E-state index is 4.27. The Morgan fingerprint density at radius 2 is 2.50 bits per heavy atom. The maximum atomic E-state index is 4.27. The van der Waals surface area contributed by atoms with Gasteiger partial charge in [0.15, 0.2) is 0 Å². The van der Waals surface area contributed by atoms with E-state index in [-0.39, 0.29) is 0 Å². The van der Waals surface area contributed by atoms with Crippen LogP contribution in [0.4, 0.5) is 0 Å². The van der Waals surface area contributed by atoms with Crippen molar-refractivity contribution in [3.63, 3.8) is 0 Å². The first kappa shape index (κ1) is 10.1. The molecule has 0 aromatic carbocycles. The van der Waals surface area contributed by atoms with Crippen LogP contribution in [0.2, 0.25) is 0 Å². The molecule has 78 valence electrons. The second kappa shape index (κ2) is 4.89. The SMILES string of the molecule is CCC1CCC(NCc2cscn2)C1. The van der Waals surface area contributed by atoms with Crippen LogP contribution in [0.25, 0.3) is 0 Å². The molecule has 1 aliphatic rings. The Balaban J connectivity index is 1.72. The second-order valence-electron chi connectivity index (χ2n) is 4.14. The summed E-state index contributed by atoms with van der Waals surface area (Å²) in [6, 6.07) is 0.738. The zero-order valence-electron chi connectivity index (χ0n) is 8.70. The molecule has 0 amide bonds. The van der Waals surface area contributed by atoms with Crippen LogP contribution in [0.5, 0.6) is 0 Å². The fourth-order valence-corrected chi connectivity index (χ4v) is 2.76. The highest BCUT2D eigenvalue weighted by Gasteiger charge is 2.22. The Morgan fingerprint density at radius 3 is 3.14 bits per heavy atom. The third-order valence-electron chi connectivity index (χ3n) is 3.17. The van der Waals surface area contributed by atoms with E-state index in [2.05, 4.69) is 22.6 Å². The molecular weight excluding hydrogens is 192 g/mol. The molecule has 14 heavy (non-hydrogen) atoms. The lowest BCUT2D eigenvalue weighted by Crippen LogP contribution is -2.25. The van der Waals surface area contributed by atoms with Crippen molar-refractivity contribution in [2.24, 2.45) is 5.92 Å². The molecule has 0 radical (unpaired) electrons. The van der Waals surface area contributed by atoms with E-state index in [4.69, 9.17) is 0 Å². The third kappa shape index (κ3) is 2.55. The average Bonchev–Trinajstić information content (AvgIpc) is 2.86. The molecule has 3 heteroatoms. The van der Waals surface area contributed by atoms with E-state index in [1.165, 1.54) is 31.4 Å². The minimum absolute atomic E-state index is 0.738. The average molecular weight is 210 g/mol. The summed E-state index contributed by atoms with van der Waals surface area (Å²) in [6.45, 7) is 3.25. The largest absolute Gasteiger partial charge is 0.308 e. The van der Waals surface area contributed by atoms with E-state index in [0.29, 0.717) is 0 Å². The topological polar surface area (TPSA) is 24.9 Å². The fourth-order valence-electron chi connectivity index (χ4n) is 2.20. The van der Waals surface area contributed by atoms with Gasteiger partial charge in [0.2, 0.25) is 0 Å². The Bertz CT molecular complexity index is 258. The van der Waals surface area contributed by atoms with E-state index in [1.54, 1.807) is 11.3 Å². The first-order valence-electron chi connectivity index (χ1n) is 5.49. The van der Waals surface area contributed by atoms with E-state index in [9.17, 15) is 0 Å². The van der Waals surface area contributed by atoms with Crippen molar-refractivity contribution in [3.05, 3.63) is 16.6 Å². The van der Waals surface area contributed by atoms with Crippen LogP contribution < -0.4 is 5.32 Å². The van der Waals surface area contributed by atoms with Gasteiger partial charge in [0, 0.05) is 18.0 Å². The molecule has 0 spiro atoms. The summed E-state index contributed by atoms with van der Waals surface area (Å²) in [7, 11) is 0. The molecule has 1 aromatic heterocycles. The molecule has 1 aliphatic carbocycles. The zero-order valence-corrected chi connectivity index (χ0v) is 9.52. The molecule has 1 aromatic rings. The van der Waals surface area contributed by atoms with Crippen molar-refractivity contribution in [1.29, 1.82) is 0 Å². The van der Waals surface area contributed by atoms with Gasteiger partial charge in [-0.05, 0) is 25.2 Å². The number of aromatic nitrogens is 1.